The Bertz CT molecular complexity index is 580. The zero-order valence-corrected chi connectivity index (χ0v) is 14.3. The summed E-state index contributed by atoms with van der Waals surface area (Å²) >= 11 is 1.75. The van der Waals surface area contributed by atoms with Crippen LogP contribution >= 0.6 is 11.3 Å². The molecule has 2 aromatic heterocycles. The quantitative estimate of drug-likeness (QED) is 0.889. The smallest absolute Gasteiger partial charge is 0.194 e. The molecular weight excluding hydrogens is 268 g/mol. The van der Waals surface area contributed by atoms with Gasteiger partial charge in [0.05, 0.1) is 11.4 Å². The van der Waals surface area contributed by atoms with E-state index in [1.807, 2.05) is 0 Å². The number of hydrogen-bond acceptors (Lipinski definition) is 4. The summed E-state index contributed by atoms with van der Waals surface area (Å²) in [6, 6.07) is 0. The second-order valence-electron chi connectivity index (χ2n) is 6.64. The number of aromatic nitrogens is 2. The summed E-state index contributed by atoms with van der Waals surface area (Å²) < 4.78 is 2.22. The summed E-state index contributed by atoms with van der Waals surface area (Å²) in [5.41, 5.74) is 2.69. The van der Waals surface area contributed by atoms with Crippen LogP contribution in [0.2, 0.25) is 0 Å². The third-order valence-electron chi connectivity index (χ3n) is 3.38. The standard InChI is InChI=1S/C15H26N4S/c1-11-8-19-13(12(2)17-14(19)20-11)7-16-9-15(3,4)10-18(5)6/h8,16H,7,9-10H2,1-6H3. The second kappa shape index (κ2) is 5.84. The molecule has 2 heterocycles. The van der Waals surface area contributed by atoms with E-state index in [0.29, 0.717) is 0 Å². The van der Waals surface area contributed by atoms with Gasteiger partial charge in [0.15, 0.2) is 4.96 Å². The molecule has 0 spiro atoms. The fourth-order valence-corrected chi connectivity index (χ4v) is 3.64. The first-order chi connectivity index (χ1) is 9.28. The number of fused-ring (bicyclic) bond motifs is 1. The molecule has 1 N–H and O–H groups in total. The third kappa shape index (κ3) is 3.59. The summed E-state index contributed by atoms with van der Waals surface area (Å²) in [4.78, 5) is 9.28. The van der Waals surface area contributed by atoms with Crippen LogP contribution in [0, 0.1) is 19.3 Å². The monoisotopic (exact) mass is 294 g/mol. The van der Waals surface area contributed by atoms with Gasteiger partial charge in [-0.3, -0.25) is 4.40 Å². The van der Waals surface area contributed by atoms with Crippen molar-refractivity contribution in [2.45, 2.75) is 34.2 Å². The molecule has 2 rings (SSSR count). The Morgan fingerprint density at radius 3 is 2.70 bits per heavy atom. The normalized spacial score (nSPS) is 12.8. The molecule has 20 heavy (non-hydrogen) atoms. The van der Waals surface area contributed by atoms with Crippen LogP contribution < -0.4 is 5.32 Å². The van der Waals surface area contributed by atoms with E-state index in [4.69, 9.17) is 0 Å². The fourth-order valence-electron chi connectivity index (χ4n) is 2.75. The van der Waals surface area contributed by atoms with Crippen LogP contribution in [0.25, 0.3) is 4.96 Å². The predicted octanol–water partition coefficient (Wildman–Crippen LogP) is 2.69. The van der Waals surface area contributed by atoms with Gasteiger partial charge in [-0.05, 0) is 33.4 Å². The number of thiazole rings is 1. The first-order valence-corrected chi connectivity index (χ1v) is 7.89. The first-order valence-electron chi connectivity index (χ1n) is 7.08. The molecule has 5 heteroatoms. The van der Waals surface area contributed by atoms with Crippen LogP contribution in [-0.2, 0) is 6.54 Å². The topological polar surface area (TPSA) is 32.6 Å². The zero-order chi connectivity index (χ0) is 14.9. The van der Waals surface area contributed by atoms with Crippen molar-refractivity contribution in [3.05, 3.63) is 22.5 Å². The lowest BCUT2D eigenvalue weighted by atomic mass is 9.93. The average molecular weight is 294 g/mol. The Morgan fingerprint density at radius 1 is 1.35 bits per heavy atom. The molecule has 0 aromatic carbocycles. The molecule has 0 saturated heterocycles. The summed E-state index contributed by atoms with van der Waals surface area (Å²) in [5.74, 6) is 0. The van der Waals surface area contributed by atoms with Gasteiger partial charge < -0.3 is 10.2 Å². The Morgan fingerprint density at radius 2 is 2.05 bits per heavy atom. The van der Waals surface area contributed by atoms with E-state index < -0.39 is 0 Å². The van der Waals surface area contributed by atoms with Gasteiger partial charge in [0.2, 0.25) is 0 Å². The first kappa shape index (κ1) is 15.5. The van der Waals surface area contributed by atoms with Crippen molar-refractivity contribution in [2.75, 3.05) is 27.2 Å². The molecular formula is C15H26N4S. The predicted molar refractivity (Wildman–Crippen MR) is 86.6 cm³/mol. The highest BCUT2D eigenvalue weighted by atomic mass is 32.1. The van der Waals surface area contributed by atoms with Crippen LogP contribution in [0.5, 0.6) is 0 Å². The SMILES string of the molecule is Cc1cn2c(CNCC(C)(C)CN(C)C)c(C)nc2s1. The summed E-state index contributed by atoms with van der Waals surface area (Å²) in [7, 11) is 4.25. The lowest BCUT2D eigenvalue weighted by molar-refractivity contribution is 0.232. The van der Waals surface area contributed by atoms with Gasteiger partial charge in [-0.2, -0.15) is 0 Å². The zero-order valence-electron chi connectivity index (χ0n) is 13.4. The molecule has 0 fully saturated rings. The molecule has 0 atom stereocenters. The lowest BCUT2D eigenvalue weighted by Crippen LogP contribution is -2.37. The fraction of sp³-hybridized carbons (Fsp3) is 0.667. The highest BCUT2D eigenvalue weighted by Gasteiger charge is 2.19. The number of nitrogens with zero attached hydrogens (tertiary/aromatic N) is 3. The largest absolute Gasteiger partial charge is 0.311 e. The van der Waals surface area contributed by atoms with Crippen molar-refractivity contribution in [3.8, 4) is 0 Å². The van der Waals surface area contributed by atoms with Gasteiger partial charge in [0, 0.05) is 30.7 Å². The molecule has 0 saturated carbocycles. The molecule has 0 radical (unpaired) electrons. The maximum atomic E-state index is 4.63. The Hall–Kier alpha value is -0.910. The maximum Gasteiger partial charge on any atom is 0.194 e. The second-order valence-corrected chi connectivity index (χ2v) is 7.86. The number of aryl methyl sites for hydroxylation is 2. The van der Waals surface area contributed by atoms with Crippen molar-refractivity contribution in [1.29, 1.82) is 0 Å². The van der Waals surface area contributed by atoms with Crippen molar-refractivity contribution in [3.63, 3.8) is 0 Å². The van der Waals surface area contributed by atoms with E-state index in [2.05, 4.69) is 67.6 Å². The number of rotatable bonds is 6. The van der Waals surface area contributed by atoms with E-state index in [1.165, 1.54) is 10.6 Å². The van der Waals surface area contributed by atoms with Gasteiger partial charge in [-0.15, -0.1) is 11.3 Å². The Labute approximate surface area is 125 Å². The van der Waals surface area contributed by atoms with E-state index in [-0.39, 0.29) is 5.41 Å². The molecule has 0 amide bonds. The Kier molecular flexibility index (Phi) is 4.52. The van der Waals surface area contributed by atoms with Crippen LogP contribution in [0.4, 0.5) is 0 Å². The molecule has 112 valence electrons. The molecule has 0 aliphatic rings. The van der Waals surface area contributed by atoms with Crippen molar-refractivity contribution in [1.82, 2.24) is 19.6 Å². The summed E-state index contributed by atoms with van der Waals surface area (Å²) in [6.07, 6.45) is 2.18. The van der Waals surface area contributed by atoms with Crippen LogP contribution in [0.1, 0.15) is 30.1 Å². The lowest BCUT2D eigenvalue weighted by Gasteiger charge is -2.28. The number of nitrogens with one attached hydrogen (secondary N) is 1. The van der Waals surface area contributed by atoms with Crippen molar-refractivity contribution in [2.24, 2.45) is 5.41 Å². The minimum atomic E-state index is 0.270. The van der Waals surface area contributed by atoms with Crippen molar-refractivity contribution >= 4 is 16.3 Å². The van der Waals surface area contributed by atoms with Gasteiger partial charge in [-0.25, -0.2) is 4.98 Å². The third-order valence-corrected chi connectivity index (χ3v) is 4.28. The summed E-state index contributed by atoms with van der Waals surface area (Å²) in [5, 5.41) is 3.59. The minimum absolute atomic E-state index is 0.270. The highest BCUT2D eigenvalue weighted by Crippen LogP contribution is 2.21. The Balaban J connectivity index is 2.00. The van der Waals surface area contributed by atoms with E-state index >= 15 is 0 Å². The van der Waals surface area contributed by atoms with Crippen LogP contribution in [-0.4, -0.2) is 41.5 Å². The highest BCUT2D eigenvalue weighted by molar-refractivity contribution is 7.17. The van der Waals surface area contributed by atoms with Gasteiger partial charge in [-0.1, -0.05) is 13.8 Å². The molecule has 4 nitrogen and oxygen atoms in total. The molecule has 0 aliphatic carbocycles. The summed E-state index contributed by atoms with van der Waals surface area (Å²) in [6.45, 7) is 11.8. The molecule has 0 bridgehead atoms. The average Bonchev–Trinajstić information content (AvgIpc) is 2.74. The van der Waals surface area contributed by atoms with Gasteiger partial charge >= 0.3 is 0 Å². The van der Waals surface area contributed by atoms with E-state index in [1.54, 1.807) is 11.3 Å². The van der Waals surface area contributed by atoms with Gasteiger partial charge in [0.25, 0.3) is 0 Å². The molecule has 0 unspecified atom stereocenters. The number of imidazole rings is 1. The number of hydrogen-bond donors (Lipinski definition) is 1. The molecule has 2 aromatic rings. The molecule has 0 aliphatic heterocycles. The van der Waals surface area contributed by atoms with E-state index in [9.17, 15) is 0 Å². The van der Waals surface area contributed by atoms with Crippen LogP contribution in [0.15, 0.2) is 6.20 Å². The maximum absolute atomic E-state index is 4.63. The van der Waals surface area contributed by atoms with Crippen LogP contribution in [0.3, 0.4) is 0 Å². The van der Waals surface area contributed by atoms with Gasteiger partial charge in [0.1, 0.15) is 0 Å². The van der Waals surface area contributed by atoms with Crippen molar-refractivity contribution < 1.29 is 0 Å². The minimum Gasteiger partial charge on any atom is -0.311 e. The van der Waals surface area contributed by atoms with E-state index in [0.717, 1.165) is 30.3 Å².